The van der Waals surface area contributed by atoms with Crippen molar-refractivity contribution in [2.45, 2.75) is 0 Å². The Kier molecular flexibility index (Phi) is 3.56. The first kappa shape index (κ1) is 12.5. The number of nitrogens with zero attached hydrogens (tertiary/aromatic N) is 2. The molecule has 0 bridgehead atoms. The van der Waals surface area contributed by atoms with E-state index >= 15 is 0 Å². The molecule has 0 aliphatic carbocycles. The maximum atomic E-state index is 2.22. The summed E-state index contributed by atoms with van der Waals surface area (Å²) in [6.45, 7) is 0. The Morgan fingerprint density at radius 1 is 0.611 bits per heavy atom. The van der Waals surface area contributed by atoms with Gasteiger partial charge in [0, 0.05) is 39.6 Å². The van der Waals surface area contributed by atoms with Crippen molar-refractivity contribution < 1.29 is 0 Å². The zero-order valence-electron chi connectivity index (χ0n) is 11.5. The maximum Gasteiger partial charge on any atom is 0.0388 e. The number of benzene rings is 2. The van der Waals surface area contributed by atoms with Crippen LogP contribution in [-0.4, -0.2) is 28.2 Å². The quantitative estimate of drug-likeness (QED) is 0.810. The van der Waals surface area contributed by atoms with Crippen molar-refractivity contribution in [2.75, 3.05) is 38.0 Å². The fraction of sp³-hybridized carbons (Fsp3) is 0.250. The molecule has 0 aliphatic heterocycles. The van der Waals surface area contributed by atoms with Crippen molar-refractivity contribution in [2.24, 2.45) is 0 Å². The van der Waals surface area contributed by atoms with Gasteiger partial charge in [-0.2, -0.15) is 0 Å². The van der Waals surface area contributed by atoms with Gasteiger partial charge >= 0.3 is 0 Å². The minimum Gasteiger partial charge on any atom is -0.378 e. The molecule has 0 N–H and O–H groups in total. The molecule has 2 aromatic carbocycles. The van der Waals surface area contributed by atoms with Crippen molar-refractivity contribution in [1.29, 1.82) is 0 Å². The Morgan fingerprint density at radius 3 is 1.56 bits per heavy atom. The van der Waals surface area contributed by atoms with Gasteiger partial charge in [0.25, 0.3) is 0 Å². The van der Waals surface area contributed by atoms with Gasteiger partial charge in [-0.15, -0.1) is 0 Å². The summed E-state index contributed by atoms with van der Waals surface area (Å²) in [7, 11) is 8.29. The van der Waals surface area contributed by atoms with E-state index < -0.39 is 0 Å². The topological polar surface area (TPSA) is 6.48 Å². The van der Waals surface area contributed by atoms with Crippen LogP contribution in [0.25, 0.3) is 11.1 Å². The Labute approximate surface area is 109 Å². The van der Waals surface area contributed by atoms with E-state index in [2.05, 4.69) is 80.5 Å². The summed E-state index contributed by atoms with van der Waals surface area (Å²) in [6, 6.07) is 17.1. The van der Waals surface area contributed by atoms with Crippen molar-refractivity contribution in [3.63, 3.8) is 0 Å². The highest BCUT2D eigenvalue weighted by Gasteiger charge is 2.05. The molecule has 0 saturated heterocycles. The minimum atomic E-state index is 1.22. The van der Waals surface area contributed by atoms with Gasteiger partial charge in [-0.05, 0) is 29.3 Å². The molecule has 2 nitrogen and oxygen atoms in total. The first-order chi connectivity index (χ1) is 8.58. The molecule has 0 aromatic heterocycles. The second kappa shape index (κ2) is 5.13. The highest BCUT2D eigenvalue weighted by atomic mass is 15.1. The van der Waals surface area contributed by atoms with Crippen molar-refractivity contribution in [3.8, 4) is 11.1 Å². The molecule has 2 aromatic rings. The Morgan fingerprint density at radius 2 is 1.11 bits per heavy atom. The highest BCUT2D eigenvalue weighted by molar-refractivity contribution is 5.74. The lowest BCUT2D eigenvalue weighted by molar-refractivity contribution is 1.10. The van der Waals surface area contributed by atoms with Crippen LogP contribution in [0.4, 0.5) is 11.4 Å². The van der Waals surface area contributed by atoms with Crippen LogP contribution >= 0.6 is 0 Å². The minimum absolute atomic E-state index is 1.22. The normalized spacial score (nSPS) is 10.2. The van der Waals surface area contributed by atoms with E-state index in [1.54, 1.807) is 0 Å². The molecular formula is C16H20N2. The molecule has 0 heterocycles. The van der Waals surface area contributed by atoms with Crippen LogP contribution in [0.2, 0.25) is 0 Å². The number of hydrogen-bond acceptors (Lipinski definition) is 2. The van der Waals surface area contributed by atoms with Crippen LogP contribution in [0.3, 0.4) is 0 Å². The fourth-order valence-electron chi connectivity index (χ4n) is 1.91. The lowest BCUT2D eigenvalue weighted by Gasteiger charge is -2.20. The van der Waals surface area contributed by atoms with Crippen LogP contribution in [0.5, 0.6) is 0 Å². The summed E-state index contributed by atoms with van der Waals surface area (Å²) in [5, 5.41) is 0. The van der Waals surface area contributed by atoms with Crippen LogP contribution in [0.15, 0.2) is 48.5 Å². The van der Waals surface area contributed by atoms with E-state index in [-0.39, 0.29) is 0 Å². The van der Waals surface area contributed by atoms with E-state index in [0.29, 0.717) is 0 Å². The summed E-state index contributed by atoms with van der Waals surface area (Å²) >= 11 is 0. The summed E-state index contributed by atoms with van der Waals surface area (Å²) in [5.41, 5.74) is 4.95. The van der Waals surface area contributed by atoms with Crippen LogP contribution in [-0.2, 0) is 0 Å². The van der Waals surface area contributed by atoms with Gasteiger partial charge in [0.15, 0.2) is 0 Å². The monoisotopic (exact) mass is 240 g/mol. The van der Waals surface area contributed by atoms with E-state index in [4.69, 9.17) is 0 Å². The third-order valence-electron chi connectivity index (χ3n) is 3.04. The standard InChI is InChI=1S/C16H20N2/c1-17(2)15-10-14(11-16(12-15)18(3)4)13-8-6-5-7-9-13/h5-12H,1-4H3. The Bertz CT molecular complexity index is 490. The Hall–Kier alpha value is -1.96. The predicted molar refractivity (Wildman–Crippen MR) is 80.5 cm³/mol. The molecule has 0 amide bonds. The van der Waals surface area contributed by atoms with Gasteiger partial charge in [-0.3, -0.25) is 0 Å². The third kappa shape index (κ3) is 2.65. The molecule has 0 unspecified atom stereocenters. The predicted octanol–water partition coefficient (Wildman–Crippen LogP) is 3.49. The summed E-state index contributed by atoms with van der Waals surface area (Å²) in [5.74, 6) is 0. The van der Waals surface area contributed by atoms with E-state index in [0.717, 1.165) is 0 Å². The van der Waals surface area contributed by atoms with Crippen molar-refractivity contribution >= 4 is 11.4 Å². The largest absolute Gasteiger partial charge is 0.378 e. The first-order valence-electron chi connectivity index (χ1n) is 6.13. The number of hydrogen-bond donors (Lipinski definition) is 0. The molecule has 0 saturated carbocycles. The highest BCUT2D eigenvalue weighted by Crippen LogP contribution is 2.29. The average Bonchev–Trinajstić information content (AvgIpc) is 2.39. The van der Waals surface area contributed by atoms with Crippen LogP contribution in [0, 0.1) is 0 Å². The van der Waals surface area contributed by atoms with Crippen molar-refractivity contribution in [1.82, 2.24) is 0 Å². The molecule has 0 radical (unpaired) electrons. The van der Waals surface area contributed by atoms with Gasteiger partial charge in [0.2, 0.25) is 0 Å². The number of anilines is 2. The van der Waals surface area contributed by atoms with Crippen LogP contribution < -0.4 is 9.80 Å². The smallest absolute Gasteiger partial charge is 0.0388 e. The molecule has 0 spiro atoms. The van der Waals surface area contributed by atoms with Gasteiger partial charge < -0.3 is 9.80 Å². The summed E-state index contributed by atoms with van der Waals surface area (Å²) in [4.78, 5) is 4.28. The second-order valence-electron chi connectivity index (χ2n) is 4.89. The lowest BCUT2D eigenvalue weighted by Crippen LogP contribution is -2.12. The molecule has 0 aliphatic rings. The van der Waals surface area contributed by atoms with Gasteiger partial charge in [0.1, 0.15) is 0 Å². The second-order valence-corrected chi connectivity index (χ2v) is 4.89. The molecule has 94 valence electrons. The van der Waals surface area contributed by atoms with Gasteiger partial charge in [-0.1, -0.05) is 30.3 Å². The van der Waals surface area contributed by atoms with E-state index in [1.165, 1.54) is 22.5 Å². The van der Waals surface area contributed by atoms with Gasteiger partial charge in [-0.25, -0.2) is 0 Å². The molecule has 18 heavy (non-hydrogen) atoms. The SMILES string of the molecule is CN(C)c1cc(-c2ccccc2)cc(N(C)C)c1. The number of rotatable bonds is 3. The third-order valence-corrected chi connectivity index (χ3v) is 3.04. The molecular weight excluding hydrogens is 220 g/mol. The fourth-order valence-corrected chi connectivity index (χ4v) is 1.91. The summed E-state index contributed by atoms with van der Waals surface area (Å²) in [6.07, 6.45) is 0. The molecule has 2 rings (SSSR count). The van der Waals surface area contributed by atoms with E-state index in [9.17, 15) is 0 Å². The average molecular weight is 240 g/mol. The van der Waals surface area contributed by atoms with Gasteiger partial charge in [0.05, 0.1) is 0 Å². The summed E-state index contributed by atoms with van der Waals surface area (Å²) < 4.78 is 0. The Balaban J connectivity index is 2.54. The molecule has 0 fully saturated rings. The molecule has 2 heteroatoms. The van der Waals surface area contributed by atoms with Crippen molar-refractivity contribution in [3.05, 3.63) is 48.5 Å². The maximum absolute atomic E-state index is 2.22. The van der Waals surface area contributed by atoms with Crippen LogP contribution in [0.1, 0.15) is 0 Å². The lowest BCUT2D eigenvalue weighted by atomic mass is 10.0. The van der Waals surface area contributed by atoms with E-state index in [1.807, 2.05) is 6.07 Å². The zero-order chi connectivity index (χ0) is 13.1. The zero-order valence-corrected chi connectivity index (χ0v) is 11.5. The molecule has 0 atom stereocenters. The first-order valence-corrected chi connectivity index (χ1v) is 6.13.